The topological polar surface area (TPSA) is 12.9 Å². The lowest BCUT2D eigenvalue weighted by Crippen LogP contribution is -1.83. The van der Waals surface area contributed by atoms with Gasteiger partial charge in [-0.05, 0) is 30.4 Å². The summed E-state index contributed by atoms with van der Waals surface area (Å²) in [6.07, 6.45) is 3.03. The van der Waals surface area contributed by atoms with Gasteiger partial charge in [0.2, 0.25) is 0 Å². The zero-order valence-electron chi connectivity index (χ0n) is 12.0. The van der Waals surface area contributed by atoms with Crippen molar-refractivity contribution in [2.75, 3.05) is 0 Å². The average molecular weight is 231 g/mol. The Balaban J connectivity index is 0.000000581. The summed E-state index contributed by atoms with van der Waals surface area (Å²) in [6, 6.07) is 8.68. The van der Waals surface area contributed by atoms with Gasteiger partial charge in [-0.1, -0.05) is 52.8 Å². The summed E-state index contributed by atoms with van der Waals surface area (Å²) in [6.45, 7) is 12.2. The van der Waals surface area contributed by atoms with E-state index in [9.17, 15) is 0 Å². The molecular weight excluding hydrogens is 206 g/mol. The van der Waals surface area contributed by atoms with Gasteiger partial charge in [0.25, 0.3) is 0 Å². The number of hydrogen-bond acceptors (Lipinski definition) is 1. The van der Waals surface area contributed by atoms with E-state index in [4.69, 9.17) is 0 Å². The molecule has 1 nitrogen and oxygen atoms in total. The molecule has 1 heteroatoms. The maximum absolute atomic E-state index is 4.26. The van der Waals surface area contributed by atoms with Crippen LogP contribution in [0.1, 0.15) is 45.9 Å². The van der Waals surface area contributed by atoms with Crippen LogP contribution < -0.4 is 0 Å². The summed E-state index contributed by atoms with van der Waals surface area (Å²) >= 11 is 0. The molecule has 0 N–H and O–H groups in total. The second-order valence-electron chi connectivity index (χ2n) is 3.36. The number of pyridine rings is 1. The molecule has 0 aliphatic heterocycles. The summed E-state index contributed by atoms with van der Waals surface area (Å²) in [5.74, 6) is 0. The zero-order valence-corrected chi connectivity index (χ0v) is 12.0. The molecule has 0 spiro atoms. The minimum Gasteiger partial charge on any atom is -0.261 e. The fourth-order valence-electron chi connectivity index (χ4n) is 1.52. The standard InChI is InChI=1S/C12H13N.2C2H6/c1-3-10-4-5-11-8-13-9(2)6-12(11)7-10;2*1-2/h4-8H,3H2,1-2H3;2*1-2H3. The van der Waals surface area contributed by atoms with E-state index in [0.29, 0.717) is 0 Å². The smallest absolute Gasteiger partial charge is 0.0379 e. The van der Waals surface area contributed by atoms with Crippen molar-refractivity contribution >= 4 is 10.8 Å². The van der Waals surface area contributed by atoms with Crippen LogP contribution in [0.4, 0.5) is 0 Å². The Morgan fingerprint density at radius 2 is 1.59 bits per heavy atom. The second kappa shape index (κ2) is 8.74. The molecular formula is C16H25N. The van der Waals surface area contributed by atoms with Crippen LogP contribution in [0.3, 0.4) is 0 Å². The molecule has 17 heavy (non-hydrogen) atoms. The van der Waals surface area contributed by atoms with Crippen LogP contribution in [0, 0.1) is 6.92 Å². The fourth-order valence-corrected chi connectivity index (χ4v) is 1.52. The Morgan fingerprint density at radius 3 is 2.18 bits per heavy atom. The second-order valence-corrected chi connectivity index (χ2v) is 3.36. The maximum Gasteiger partial charge on any atom is 0.0379 e. The minimum absolute atomic E-state index is 1.08. The monoisotopic (exact) mass is 231 g/mol. The first-order chi connectivity index (χ1) is 8.29. The number of rotatable bonds is 1. The summed E-state index contributed by atoms with van der Waals surface area (Å²) in [4.78, 5) is 4.26. The van der Waals surface area contributed by atoms with Gasteiger partial charge in [0.15, 0.2) is 0 Å². The van der Waals surface area contributed by atoms with Gasteiger partial charge in [-0.25, -0.2) is 0 Å². The molecule has 2 aromatic rings. The fraction of sp³-hybridized carbons (Fsp3) is 0.438. The third kappa shape index (κ3) is 4.56. The molecule has 94 valence electrons. The highest BCUT2D eigenvalue weighted by atomic mass is 14.6. The first-order valence-electron chi connectivity index (χ1n) is 6.65. The number of hydrogen-bond donors (Lipinski definition) is 0. The molecule has 1 aromatic heterocycles. The van der Waals surface area contributed by atoms with E-state index >= 15 is 0 Å². The van der Waals surface area contributed by atoms with Crippen molar-refractivity contribution in [2.45, 2.75) is 48.0 Å². The van der Waals surface area contributed by atoms with Crippen LogP contribution in [-0.2, 0) is 6.42 Å². The highest BCUT2D eigenvalue weighted by molar-refractivity contribution is 5.82. The lowest BCUT2D eigenvalue weighted by Gasteiger charge is -2.01. The molecule has 0 aliphatic rings. The van der Waals surface area contributed by atoms with Crippen LogP contribution in [-0.4, -0.2) is 4.98 Å². The van der Waals surface area contributed by atoms with Gasteiger partial charge in [0.1, 0.15) is 0 Å². The van der Waals surface area contributed by atoms with Crippen LogP contribution >= 0.6 is 0 Å². The summed E-state index contributed by atoms with van der Waals surface area (Å²) < 4.78 is 0. The molecule has 0 radical (unpaired) electrons. The van der Waals surface area contributed by atoms with Gasteiger partial charge in [-0.2, -0.15) is 0 Å². The third-order valence-electron chi connectivity index (χ3n) is 2.33. The van der Waals surface area contributed by atoms with Gasteiger partial charge in [0.05, 0.1) is 0 Å². The Bertz CT molecular complexity index is 432. The molecule has 1 aromatic carbocycles. The van der Waals surface area contributed by atoms with Crippen molar-refractivity contribution in [3.8, 4) is 0 Å². The van der Waals surface area contributed by atoms with E-state index in [-0.39, 0.29) is 0 Å². The van der Waals surface area contributed by atoms with Crippen molar-refractivity contribution in [3.05, 3.63) is 41.7 Å². The minimum atomic E-state index is 1.08. The molecule has 1 heterocycles. The van der Waals surface area contributed by atoms with Crippen LogP contribution in [0.25, 0.3) is 10.8 Å². The summed E-state index contributed by atoms with van der Waals surface area (Å²) in [5.41, 5.74) is 2.47. The van der Waals surface area contributed by atoms with Crippen LogP contribution in [0.2, 0.25) is 0 Å². The molecule has 0 amide bonds. The van der Waals surface area contributed by atoms with Crippen molar-refractivity contribution in [1.29, 1.82) is 0 Å². The zero-order chi connectivity index (χ0) is 13.3. The van der Waals surface area contributed by atoms with Gasteiger partial charge in [-0.15, -0.1) is 0 Å². The Hall–Kier alpha value is -1.37. The van der Waals surface area contributed by atoms with E-state index in [1.165, 1.54) is 16.3 Å². The SMILES string of the molecule is CC.CC.CCc1ccc2cnc(C)cc2c1. The first-order valence-corrected chi connectivity index (χ1v) is 6.65. The van der Waals surface area contributed by atoms with Gasteiger partial charge < -0.3 is 0 Å². The normalized spacial score (nSPS) is 8.82. The van der Waals surface area contributed by atoms with Gasteiger partial charge in [-0.3, -0.25) is 4.98 Å². The lowest BCUT2D eigenvalue weighted by atomic mass is 10.1. The predicted octanol–water partition coefficient (Wildman–Crippen LogP) is 5.16. The quantitative estimate of drug-likeness (QED) is 0.660. The average Bonchev–Trinajstić information content (AvgIpc) is 2.42. The molecule has 0 unspecified atom stereocenters. The number of aromatic nitrogens is 1. The summed E-state index contributed by atoms with van der Waals surface area (Å²) in [7, 11) is 0. The number of benzene rings is 1. The van der Waals surface area contributed by atoms with E-state index in [0.717, 1.165) is 12.1 Å². The predicted molar refractivity (Wildman–Crippen MR) is 78.6 cm³/mol. The highest BCUT2D eigenvalue weighted by Gasteiger charge is 1.95. The van der Waals surface area contributed by atoms with Crippen molar-refractivity contribution < 1.29 is 0 Å². The first kappa shape index (κ1) is 15.6. The van der Waals surface area contributed by atoms with Crippen LogP contribution in [0.15, 0.2) is 30.5 Å². The van der Waals surface area contributed by atoms with Crippen molar-refractivity contribution in [3.63, 3.8) is 0 Å². The lowest BCUT2D eigenvalue weighted by molar-refractivity contribution is 1.14. The maximum atomic E-state index is 4.26. The molecule has 2 rings (SSSR count). The third-order valence-corrected chi connectivity index (χ3v) is 2.33. The molecule has 0 atom stereocenters. The molecule has 0 saturated carbocycles. The number of nitrogens with zero attached hydrogens (tertiary/aromatic N) is 1. The van der Waals surface area contributed by atoms with E-state index < -0.39 is 0 Å². The Morgan fingerprint density at radius 1 is 0.941 bits per heavy atom. The number of aryl methyl sites for hydroxylation is 2. The van der Waals surface area contributed by atoms with Gasteiger partial charge >= 0.3 is 0 Å². The molecule has 0 saturated heterocycles. The van der Waals surface area contributed by atoms with Crippen molar-refractivity contribution in [2.24, 2.45) is 0 Å². The largest absolute Gasteiger partial charge is 0.261 e. The Kier molecular flexibility index (Phi) is 8.04. The van der Waals surface area contributed by atoms with E-state index in [1.54, 1.807) is 0 Å². The van der Waals surface area contributed by atoms with E-state index in [2.05, 4.69) is 36.2 Å². The van der Waals surface area contributed by atoms with Crippen molar-refractivity contribution in [1.82, 2.24) is 4.98 Å². The molecule has 0 bridgehead atoms. The van der Waals surface area contributed by atoms with Crippen LogP contribution in [0.5, 0.6) is 0 Å². The molecule has 0 aliphatic carbocycles. The highest BCUT2D eigenvalue weighted by Crippen LogP contribution is 2.16. The van der Waals surface area contributed by atoms with Gasteiger partial charge in [0, 0.05) is 17.3 Å². The Labute approximate surface area is 106 Å². The molecule has 0 fully saturated rings. The number of fused-ring (bicyclic) bond motifs is 1. The summed E-state index contributed by atoms with van der Waals surface area (Å²) in [5, 5.41) is 2.52. The van der Waals surface area contributed by atoms with E-state index in [1.807, 2.05) is 40.8 Å².